The average Bonchev–Trinajstić information content (AvgIpc) is 2.26. The molecule has 0 bridgehead atoms. The first-order chi connectivity index (χ1) is 8.00. The van der Waals surface area contributed by atoms with E-state index in [1.54, 1.807) is 6.07 Å². The zero-order chi connectivity index (χ0) is 12.6. The Balaban J connectivity index is 2.62. The zero-order valence-electron chi connectivity index (χ0n) is 8.74. The van der Waals surface area contributed by atoms with Crippen LogP contribution in [0.25, 0.3) is 0 Å². The van der Waals surface area contributed by atoms with Crippen molar-refractivity contribution in [3.63, 3.8) is 0 Å². The number of fused-ring (bicyclic) bond motifs is 1. The van der Waals surface area contributed by atoms with Crippen molar-refractivity contribution in [2.45, 2.75) is 12.3 Å². The molecule has 2 rings (SSSR count). The highest BCUT2D eigenvalue weighted by Crippen LogP contribution is 2.36. The molecule has 5 nitrogen and oxygen atoms in total. The highest BCUT2D eigenvalue weighted by atomic mass is 79.9. The van der Waals surface area contributed by atoms with Gasteiger partial charge >= 0.3 is 11.9 Å². The van der Waals surface area contributed by atoms with Crippen molar-refractivity contribution in [1.29, 1.82) is 0 Å². The minimum absolute atomic E-state index is 0.0975. The van der Waals surface area contributed by atoms with Gasteiger partial charge in [-0.2, -0.15) is 0 Å². The van der Waals surface area contributed by atoms with Gasteiger partial charge in [-0.3, -0.25) is 4.79 Å². The molecule has 6 heteroatoms. The standard InChI is InChI=1S/C11H10BrNO4/c12-5-3-7-6(10(14)15)1-2-13-9(7)8(4-5)11(16)17/h3-4,6,13H,1-2H2,(H,14,15)(H,16,17). The smallest absolute Gasteiger partial charge is 0.337 e. The van der Waals surface area contributed by atoms with Gasteiger partial charge in [-0.15, -0.1) is 0 Å². The lowest BCUT2D eigenvalue weighted by molar-refractivity contribution is -0.138. The lowest BCUT2D eigenvalue weighted by Crippen LogP contribution is -2.24. The van der Waals surface area contributed by atoms with Gasteiger partial charge in [0.15, 0.2) is 0 Å². The summed E-state index contributed by atoms with van der Waals surface area (Å²) in [6.45, 7) is 0.464. The fraction of sp³-hybridized carbons (Fsp3) is 0.273. The molecule has 0 aromatic heterocycles. The molecule has 1 aliphatic heterocycles. The van der Waals surface area contributed by atoms with E-state index in [-0.39, 0.29) is 5.56 Å². The third kappa shape index (κ3) is 2.12. The second-order valence-corrected chi connectivity index (χ2v) is 4.74. The van der Waals surface area contributed by atoms with Gasteiger partial charge in [-0.1, -0.05) is 15.9 Å². The topological polar surface area (TPSA) is 86.6 Å². The molecule has 1 heterocycles. The Morgan fingerprint density at radius 3 is 2.65 bits per heavy atom. The Hall–Kier alpha value is -1.56. The first-order valence-electron chi connectivity index (χ1n) is 5.04. The molecule has 1 unspecified atom stereocenters. The van der Waals surface area contributed by atoms with E-state index < -0.39 is 17.9 Å². The predicted molar refractivity (Wildman–Crippen MR) is 64.6 cm³/mol. The first-order valence-corrected chi connectivity index (χ1v) is 5.83. The van der Waals surface area contributed by atoms with E-state index in [0.29, 0.717) is 28.7 Å². The molecule has 0 fully saturated rings. The van der Waals surface area contributed by atoms with Crippen molar-refractivity contribution >= 4 is 33.6 Å². The maximum absolute atomic E-state index is 11.1. The third-order valence-electron chi connectivity index (χ3n) is 2.77. The van der Waals surface area contributed by atoms with Gasteiger partial charge in [0.1, 0.15) is 0 Å². The van der Waals surface area contributed by atoms with Crippen LogP contribution in [-0.4, -0.2) is 28.7 Å². The maximum Gasteiger partial charge on any atom is 0.337 e. The number of aliphatic carboxylic acids is 1. The van der Waals surface area contributed by atoms with Gasteiger partial charge in [0.25, 0.3) is 0 Å². The fourth-order valence-corrected chi connectivity index (χ4v) is 2.50. The van der Waals surface area contributed by atoms with E-state index in [1.807, 2.05) is 0 Å². The summed E-state index contributed by atoms with van der Waals surface area (Å²) in [7, 11) is 0. The lowest BCUT2D eigenvalue weighted by Gasteiger charge is -2.25. The summed E-state index contributed by atoms with van der Waals surface area (Å²) in [5, 5.41) is 21.2. The Morgan fingerprint density at radius 2 is 2.06 bits per heavy atom. The van der Waals surface area contributed by atoms with Crippen molar-refractivity contribution in [3.8, 4) is 0 Å². The molecule has 17 heavy (non-hydrogen) atoms. The van der Waals surface area contributed by atoms with Crippen LogP contribution >= 0.6 is 15.9 Å². The van der Waals surface area contributed by atoms with Crippen LogP contribution in [0.4, 0.5) is 5.69 Å². The van der Waals surface area contributed by atoms with Gasteiger partial charge in [-0.05, 0) is 24.1 Å². The van der Waals surface area contributed by atoms with Gasteiger partial charge in [0.05, 0.1) is 17.2 Å². The number of carbonyl (C=O) groups is 2. The quantitative estimate of drug-likeness (QED) is 0.779. The second kappa shape index (κ2) is 4.37. The van der Waals surface area contributed by atoms with Crippen LogP contribution in [0.2, 0.25) is 0 Å². The SMILES string of the molecule is O=C(O)c1cc(Br)cc2c1NCCC2C(=O)O. The maximum atomic E-state index is 11.1. The number of benzene rings is 1. The molecular weight excluding hydrogens is 290 g/mol. The van der Waals surface area contributed by atoms with E-state index in [1.165, 1.54) is 6.07 Å². The number of hydrogen-bond acceptors (Lipinski definition) is 3. The summed E-state index contributed by atoms with van der Waals surface area (Å²) in [5.74, 6) is -2.65. The minimum atomic E-state index is -1.07. The molecular formula is C11H10BrNO4. The van der Waals surface area contributed by atoms with E-state index in [2.05, 4.69) is 21.2 Å². The van der Waals surface area contributed by atoms with Crippen molar-refractivity contribution in [3.05, 3.63) is 27.7 Å². The number of rotatable bonds is 2. The van der Waals surface area contributed by atoms with Crippen LogP contribution in [0, 0.1) is 0 Å². The number of aromatic carboxylic acids is 1. The number of anilines is 1. The van der Waals surface area contributed by atoms with Crippen LogP contribution in [0.5, 0.6) is 0 Å². The van der Waals surface area contributed by atoms with Gasteiger partial charge in [-0.25, -0.2) is 4.79 Å². The number of nitrogens with one attached hydrogen (secondary N) is 1. The largest absolute Gasteiger partial charge is 0.481 e. The van der Waals surface area contributed by atoms with E-state index in [0.717, 1.165) is 0 Å². The van der Waals surface area contributed by atoms with Crippen molar-refractivity contribution in [2.24, 2.45) is 0 Å². The van der Waals surface area contributed by atoms with Crippen LogP contribution in [0.3, 0.4) is 0 Å². The Morgan fingerprint density at radius 1 is 1.35 bits per heavy atom. The number of halogens is 1. The third-order valence-corrected chi connectivity index (χ3v) is 3.23. The number of carboxylic acids is 2. The van der Waals surface area contributed by atoms with E-state index in [4.69, 9.17) is 10.2 Å². The molecule has 0 spiro atoms. The molecule has 1 atom stereocenters. The molecule has 0 radical (unpaired) electrons. The lowest BCUT2D eigenvalue weighted by atomic mass is 9.89. The molecule has 1 aliphatic rings. The van der Waals surface area contributed by atoms with Crippen LogP contribution in [-0.2, 0) is 4.79 Å². The van der Waals surface area contributed by atoms with Crippen LogP contribution < -0.4 is 5.32 Å². The normalized spacial score (nSPS) is 18.1. The van der Waals surface area contributed by atoms with Crippen LogP contribution in [0.15, 0.2) is 16.6 Å². The molecule has 0 aliphatic carbocycles. The zero-order valence-corrected chi connectivity index (χ0v) is 10.3. The molecule has 3 N–H and O–H groups in total. The first kappa shape index (κ1) is 11.9. The summed E-state index contributed by atoms with van der Waals surface area (Å²) in [5.41, 5.74) is 1.04. The molecule has 90 valence electrons. The van der Waals surface area contributed by atoms with Crippen molar-refractivity contribution < 1.29 is 19.8 Å². The minimum Gasteiger partial charge on any atom is -0.481 e. The summed E-state index contributed by atoms with van der Waals surface area (Å²) in [6.07, 6.45) is 0.456. The van der Waals surface area contributed by atoms with Crippen molar-refractivity contribution in [2.75, 3.05) is 11.9 Å². The highest BCUT2D eigenvalue weighted by Gasteiger charge is 2.29. The molecule has 0 saturated carbocycles. The monoisotopic (exact) mass is 299 g/mol. The summed E-state index contributed by atoms with van der Waals surface area (Å²) < 4.78 is 0.573. The molecule has 0 saturated heterocycles. The van der Waals surface area contributed by atoms with E-state index in [9.17, 15) is 9.59 Å². The van der Waals surface area contributed by atoms with Gasteiger partial charge in [0.2, 0.25) is 0 Å². The fourth-order valence-electron chi connectivity index (χ4n) is 2.02. The average molecular weight is 300 g/mol. The summed E-state index contributed by atoms with van der Waals surface area (Å²) in [4.78, 5) is 22.2. The Bertz CT molecular complexity index is 500. The number of hydrogen-bond donors (Lipinski definition) is 3. The predicted octanol–water partition coefficient (Wildman–Crippen LogP) is 2.13. The molecule has 1 aromatic carbocycles. The summed E-state index contributed by atoms with van der Waals surface area (Å²) >= 11 is 3.20. The number of carboxylic acid groups (broad SMARTS) is 2. The molecule has 0 amide bonds. The van der Waals surface area contributed by atoms with E-state index >= 15 is 0 Å². The van der Waals surface area contributed by atoms with Crippen LogP contribution in [0.1, 0.15) is 28.3 Å². The highest BCUT2D eigenvalue weighted by molar-refractivity contribution is 9.10. The Kier molecular flexibility index (Phi) is 3.06. The van der Waals surface area contributed by atoms with Gasteiger partial charge < -0.3 is 15.5 Å². The second-order valence-electron chi connectivity index (χ2n) is 3.83. The van der Waals surface area contributed by atoms with Gasteiger partial charge in [0, 0.05) is 11.0 Å². The molecule has 1 aromatic rings. The van der Waals surface area contributed by atoms with Crippen molar-refractivity contribution in [1.82, 2.24) is 0 Å². The Labute approximate surface area is 106 Å². The summed E-state index contributed by atoms with van der Waals surface area (Å²) in [6, 6.07) is 3.13.